The average Bonchev–Trinajstić information content (AvgIpc) is 3.15. The molecule has 1 fully saturated rings. The van der Waals surface area contributed by atoms with Crippen molar-refractivity contribution in [1.82, 2.24) is 10.2 Å². The molecule has 0 bridgehead atoms. The number of hydrogen-bond donors (Lipinski definition) is 2. The normalized spacial score (nSPS) is 13.8. The molecule has 1 aromatic rings. The summed E-state index contributed by atoms with van der Waals surface area (Å²) in [6.45, 7) is 0. The number of amides is 3. The van der Waals surface area contributed by atoms with Crippen molar-refractivity contribution < 1.29 is 9.59 Å². The van der Waals surface area contributed by atoms with Crippen molar-refractivity contribution >= 4 is 17.6 Å². The van der Waals surface area contributed by atoms with Gasteiger partial charge in [-0.05, 0) is 30.5 Å². The van der Waals surface area contributed by atoms with Gasteiger partial charge in [-0.1, -0.05) is 12.1 Å². The maximum absolute atomic E-state index is 11.5. The van der Waals surface area contributed by atoms with Crippen LogP contribution in [0.15, 0.2) is 24.3 Å². The molecule has 5 nitrogen and oxygen atoms in total. The first kappa shape index (κ1) is 13.4. The Morgan fingerprint density at radius 2 is 1.84 bits per heavy atom. The molecule has 19 heavy (non-hydrogen) atoms. The molecule has 5 heteroatoms. The molecule has 1 saturated carbocycles. The second kappa shape index (κ2) is 5.73. The molecular formula is C14H19N3O2. The molecule has 0 aliphatic heterocycles. The minimum absolute atomic E-state index is 0.0622. The Morgan fingerprint density at radius 3 is 2.37 bits per heavy atom. The van der Waals surface area contributed by atoms with Crippen LogP contribution < -0.4 is 10.6 Å². The van der Waals surface area contributed by atoms with Crippen molar-refractivity contribution in [3.05, 3.63) is 29.8 Å². The lowest BCUT2D eigenvalue weighted by molar-refractivity contribution is -0.127. The quantitative estimate of drug-likeness (QED) is 0.865. The van der Waals surface area contributed by atoms with Gasteiger partial charge in [0.15, 0.2) is 0 Å². The third-order valence-electron chi connectivity index (χ3n) is 2.98. The number of rotatable bonds is 4. The van der Waals surface area contributed by atoms with Crippen molar-refractivity contribution in [3.63, 3.8) is 0 Å². The van der Waals surface area contributed by atoms with Crippen LogP contribution in [-0.4, -0.2) is 37.0 Å². The predicted molar refractivity (Wildman–Crippen MR) is 74.0 cm³/mol. The molecule has 0 saturated heterocycles. The number of likely N-dealkylation sites (N-methyl/N-ethyl adjacent to an activating group) is 1. The topological polar surface area (TPSA) is 61.4 Å². The smallest absolute Gasteiger partial charge is 0.319 e. The molecule has 1 aromatic carbocycles. The van der Waals surface area contributed by atoms with E-state index in [2.05, 4.69) is 10.6 Å². The fourth-order valence-corrected chi connectivity index (χ4v) is 1.62. The van der Waals surface area contributed by atoms with E-state index in [1.165, 1.54) is 0 Å². The number of nitrogens with zero attached hydrogens (tertiary/aromatic N) is 1. The minimum Gasteiger partial charge on any atom is -0.349 e. The zero-order chi connectivity index (χ0) is 13.8. The van der Waals surface area contributed by atoms with Crippen LogP contribution in [0.5, 0.6) is 0 Å². The van der Waals surface area contributed by atoms with E-state index in [0.29, 0.717) is 12.5 Å². The summed E-state index contributed by atoms with van der Waals surface area (Å²) < 4.78 is 0. The predicted octanol–water partition coefficient (Wildman–Crippen LogP) is 1.60. The molecule has 1 aliphatic rings. The van der Waals surface area contributed by atoms with Gasteiger partial charge in [-0.2, -0.15) is 0 Å². The summed E-state index contributed by atoms with van der Waals surface area (Å²) in [6, 6.07) is 7.51. The van der Waals surface area contributed by atoms with Gasteiger partial charge in [-0.3, -0.25) is 4.79 Å². The van der Waals surface area contributed by atoms with Crippen LogP contribution >= 0.6 is 0 Å². The highest BCUT2D eigenvalue weighted by molar-refractivity contribution is 5.89. The van der Waals surface area contributed by atoms with Crippen LogP contribution in [0.25, 0.3) is 0 Å². The minimum atomic E-state index is -0.167. The first-order valence-electron chi connectivity index (χ1n) is 6.41. The highest BCUT2D eigenvalue weighted by Crippen LogP contribution is 2.19. The zero-order valence-corrected chi connectivity index (χ0v) is 11.3. The Balaban J connectivity index is 1.86. The third kappa shape index (κ3) is 4.28. The van der Waals surface area contributed by atoms with Gasteiger partial charge < -0.3 is 15.5 Å². The number of benzene rings is 1. The molecule has 3 amide bonds. The van der Waals surface area contributed by atoms with E-state index < -0.39 is 0 Å². The molecule has 2 N–H and O–H groups in total. The molecule has 0 aromatic heterocycles. The van der Waals surface area contributed by atoms with Crippen LogP contribution in [0.3, 0.4) is 0 Å². The maximum atomic E-state index is 11.5. The molecule has 1 aliphatic carbocycles. The number of hydrogen-bond acceptors (Lipinski definition) is 2. The summed E-state index contributed by atoms with van der Waals surface area (Å²) in [4.78, 5) is 24.6. The summed E-state index contributed by atoms with van der Waals surface area (Å²) in [5, 5.41) is 5.62. The van der Waals surface area contributed by atoms with Gasteiger partial charge in [0.25, 0.3) is 0 Å². The van der Waals surface area contributed by atoms with Crippen molar-refractivity contribution in [2.75, 3.05) is 19.4 Å². The number of anilines is 1. The van der Waals surface area contributed by atoms with E-state index >= 15 is 0 Å². The van der Waals surface area contributed by atoms with Gasteiger partial charge >= 0.3 is 6.03 Å². The first-order chi connectivity index (χ1) is 9.04. The molecular weight excluding hydrogens is 242 g/mol. The SMILES string of the molecule is CN(C)C(=O)Cc1ccc(NC(=O)NC2CC2)cc1. The fourth-order valence-electron chi connectivity index (χ4n) is 1.62. The summed E-state index contributed by atoms with van der Waals surface area (Å²) in [5.74, 6) is 0.0622. The van der Waals surface area contributed by atoms with E-state index in [-0.39, 0.29) is 11.9 Å². The van der Waals surface area contributed by atoms with E-state index in [1.807, 2.05) is 24.3 Å². The molecule has 0 unspecified atom stereocenters. The van der Waals surface area contributed by atoms with E-state index in [9.17, 15) is 9.59 Å². The summed E-state index contributed by atoms with van der Waals surface area (Å²) in [5.41, 5.74) is 1.67. The molecule has 102 valence electrons. The van der Waals surface area contributed by atoms with Crippen LogP contribution in [0, 0.1) is 0 Å². The first-order valence-corrected chi connectivity index (χ1v) is 6.41. The third-order valence-corrected chi connectivity index (χ3v) is 2.98. The van der Waals surface area contributed by atoms with Crippen molar-refractivity contribution in [2.45, 2.75) is 25.3 Å². The van der Waals surface area contributed by atoms with Gasteiger partial charge in [0.2, 0.25) is 5.91 Å². The standard InChI is InChI=1S/C14H19N3O2/c1-17(2)13(18)9-10-3-5-11(6-4-10)15-14(19)16-12-7-8-12/h3-6,12H,7-9H2,1-2H3,(H2,15,16,19). The highest BCUT2D eigenvalue weighted by Gasteiger charge is 2.23. The van der Waals surface area contributed by atoms with Crippen molar-refractivity contribution in [1.29, 1.82) is 0 Å². The fraction of sp³-hybridized carbons (Fsp3) is 0.429. The second-order valence-corrected chi connectivity index (χ2v) is 5.03. The van der Waals surface area contributed by atoms with E-state index in [1.54, 1.807) is 19.0 Å². The van der Waals surface area contributed by atoms with Crippen LogP contribution in [0.2, 0.25) is 0 Å². The molecule has 2 rings (SSSR count). The number of carbonyl (C=O) groups excluding carboxylic acids is 2. The molecule has 0 spiro atoms. The Morgan fingerprint density at radius 1 is 1.21 bits per heavy atom. The van der Waals surface area contributed by atoms with Crippen LogP contribution in [-0.2, 0) is 11.2 Å². The monoisotopic (exact) mass is 261 g/mol. The number of urea groups is 1. The Labute approximate surface area is 113 Å². The van der Waals surface area contributed by atoms with E-state index in [4.69, 9.17) is 0 Å². The van der Waals surface area contributed by atoms with Crippen molar-refractivity contribution in [3.8, 4) is 0 Å². The number of nitrogens with one attached hydrogen (secondary N) is 2. The van der Waals surface area contributed by atoms with Gasteiger partial charge in [0.1, 0.15) is 0 Å². The molecule has 0 heterocycles. The maximum Gasteiger partial charge on any atom is 0.319 e. The van der Waals surface area contributed by atoms with Gasteiger partial charge in [0, 0.05) is 25.8 Å². The Hall–Kier alpha value is -2.04. The number of carbonyl (C=O) groups is 2. The van der Waals surface area contributed by atoms with Crippen LogP contribution in [0.1, 0.15) is 18.4 Å². The largest absolute Gasteiger partial charge is 0.349 e. The van der Waals surface area contributed by atoms with Crippen molar-refractivity contribution in [2.24, 2.45) is 0 Å². The summed E-state index contributed by atoms with van der Waals surface area (Å²) in [7, 11) is 3.47. The Bertz CT molecular complexity index is 464. The highest BCUT2D eigenvalue weighted by atomic mass is 16.2. The van der Waals surface area contributed by atoms with Gasteiger partial charge in [-0.15, -0.1) is 0 Å². The molecule has 0 radical (unpaired) electrons. The summed E-state index contributed by atoms with van der Waals surface area (Å²) in [6.07, 6.45) is 2.51. The van der Waals surface area contributed by atoms with E-state index in [0.717, 1.165) is 24.1 Å². The summed E-state index contributed by atoms with van der Waals surface area (Å²) >= 11 is 0. The van der Waals surface area contributed by atoms with Gasteiger partial charge in [0.05, 0.1) is 6.42 Å². The lowest BCUT2D eigenvalue weighted by Crippen LogP contribution is -2.30. The molecule has 0 atom stereocenters. The second-order valence-electron chi connectivity index (χ2n) is 5.03. The zero-order valence-electron chi connectivity index (χ0n) is 11.3. The van der Waals surface area contributed by atoms with Gasteiger partial charge in [-0.25, -0.2) is 4.79 Å². The lowest BCUT2D eigenvalue weighted by atomic mass is 10.1. The van der Waals surface area contributed by atoms with Crippen LogP contribution in [0.4, 0.5) is 10.5 Å². The lowest BCUT2D eigenvalue weighted by Gasteiger charge is -2.11. The average molecular weight is 261 g/mol. The Kier molecular flexibility index (Phi) is 4.04.